The first-order valence-corrected chi connectivity index (χ1v) is 8.79. The van der Waals surface area contributed by atoms with Gasteiger partial charge in [-0.15, -0.1) is 0 Å². The van der Waals surface area contributed by atoms with Gasteiger partial charge in [-0.05, 0) is 24.3 Å². The minimum atomic E-state index is -3.90. The molecule has 2 N–H and O–H groups in total. The minimum absolute atomic E-state index is 0.0236. The van der Waals surface area contributed by atoms with Crippen molar-refractivity contribution in [2.75, 3.05) is 11.8 Å². The second kappa shape index (κ2) is 5.94. The maximum absolute atomic E-state index is 12.7. The van der Waals surface area contributed by atoms with Gasteiger partial charge in [-0.25, -0.2) is 8.42 Å². The quantitative estimate of drug-likeness (QED) is 0.749. The Hall–Kier alpha value is -2.52. The maximum atomic E-state index is 12.7. The molecule has 0 spiro atoms. The van der Waals surface area contributed by atoms with E-state index in [1.165, 1.54) is 19.2 Å². The van der Waals surface area contributed by atoms with Crippen molar-refractivity contribution in [3.8, 4) is 0 Å². The Balaban J connectivity index is 2.06. The van der Waals surface area contributed by atoms with Crippen LogP contribution in [0.1, 0.15) is 10.4 Å². The molecule has 0 saturated carbocycles. The molecule has 1 amide bonds. The number of rotatable bonds is 4. The number of amides is 1. The number of benzene rings is 2. The highest BCUT2D eigenvalue weighted by atomic mass is 32.2. The molecular weight excluding hydrogens is 336 g/mol. The van der Waals surface area contributed by atoms with Gasteiger partial charge in [0, 0.05) is 7.05 Å². The van der Waals surface area contributed by atoms with Gasteiger partial charge in [-0.3, -0.25) is 9.52 Å². The Morgan fingerprint density at radius 3 is 2.65 bits per heavy atom. The number of carbonyl (C=O) groups is 1. The molecule has 1 aromatic heterocycles. The molecule has 0 bridgehead atoms. The number of sulfonamides is 1. The van der Waals surface area contributed by atoms with Crippen molar-refractivity contribution in [1.82, 2.24) is 14.1 Å². The molecule has 0 fully saturated rings. The molecule has 0 saturated heterocycles. The third kappa shape index (κ3) is 2.88. The average molecular weight is 348 g/mol. The number of hydrogen-bond donors (Lipinski definition) is 2. The summed E-state index contributed by atoms with van der Waals surface area (Å²) in [5.41, 5.74) is 1.26. The number of hydrogen-bond acceptors (Lipinski definition) is 6. The van der Waals surface area contributed by atoms with Crippen LogP contribution in [0.3, 0.4) is 0 Å². The average Bonchev–Trinajstić information content (AvgIpc) is 3.02. The molecule has 0 atom stereocenters. The first-order valence-electron chi connectivity index (χ1n) is 6.58. The normalized spacial score (nSPS) is 11.3. The molecule has 7 nitrogen and oxygen atoms in total. The highest BCUT2D eigenvalue weighted by Crippen LogP contribution is 2.25. The molecule has 9 heteroatoms. The third-order valence-corrected chi connectivity index (χ3v) is 5.12. The van der Waals surface area contributed by atoms with Gasteiger partial charge in [0.2, 0.25) is 0 Å². The van der Waals surface area contributed by atoms with Crippen molar-refractivity contribution in [2.24, 2.45) is 0 Å². The number of fused-ring (bicyclic) bond motifs is 1. The van der Waals surface area contributed by atoms with Gasteiger partial charge >= 0.3 is 0 Å². The first kappa shape index (κ1) is 15.4. The number of para-hydroxylation sites is 1. The Morgan fingerprint density at radius 1 is 1.09 bits per heavy atom. The highest BCUT2D eigenvalue weighted by Gasteiger charge is 2.21. The van der Waals surface area contributed by atoms with Gasteiger partial charge in [-0.1, -0.05) is 18.2 Å². The van der Waals surface area contributed by atoms with Gasteiger partial charge in [-0.2, -0.15) is 8.75 Å². The molecule has 23 heavy (non-hydrogen) atoms. The van der Waals surface area contributed by atoms with E-state index in [1.807, 2.05) is 0 Å². The zero-order valence-corrected chi connectivity index (χ0v) is 13.6. The lowest BCUT2D eigenvalue weighted by Crippen LogP contribution is -2.21. The van der Waals surface area contributed by atoms with Crippen molar-refractivity contribution >= 4 is 44.4 Å². The van der Waals surface area contributed by atoms with Crippen LogP contribution in [0.5, 0.6) is 0 Å². The number of anilines is 1. The topological polar surface area (TPSA) is 101 Å². The van der Waals surface area contributed by atoms with E-state index in [-0.39, 0.29) is 22.1 Å². The van der Waals surface area contributed by atoms with Gasteiger partial charge in [0.05, 0.1) is 23.0 Å². The molecule has 3 aromatic rings. The fraction of sp³-hybridized carbons (Fsp3) is 0.0714. The van der Waals surface area contributed by atoms with Crippen molar-refractivity contribution in [3.63, 3.8) is 0 Å². The van der Waals surface area contributed by atoms with E-state index in [4.69, 9.17) is 0 Å². The molecule has 1 heterocycles. The molecule has 3 rings (SSSR count). The summed E-state index contributed by atoms with van der Waals surface area (Å²) in [6.07, 6.45) is 0. The zero-order valence-electron chi connectivity index (χ0n) is 12.0. The molecule has 0 aliphatic rings. The van der Waals surface area contributed by atoms with Crippen LogP contribution in [0.15, 0.2) is 47.4 Å². The van der Waals surface area contributed by atoms with E-state index in [2.05, 4.69) is 18.8 Å². The third-order valence-electron chi connectivity index (χ3n) is 3.18. The van der Waals surface area contributed by atoms with Crippen LogP contribution in [-0.4, -0.2) is 30.1 Å². The molecule has 0 aliphatic heterocycles. The van der Waals surface area contributed by atoms with Gasteiger partial charge < -0.3 is 5.32 Å². The summed E-state index contributed by atoms with van der Waals surface area (Å²) < 4.78 is 35.9. The fourth-order valence-corrected chi connectivity index (χ4v) is 3.95. The summed E-state index contributed by atoms with van der Waals surface area (Å²) in [6.45, 7) is 0. The zero-order chi connectivity index (χ0) is 16.4. The second-order valence-electron chi connectivity index (χ2n) is 4.62. The first-order chi connectivity index (χ1) is 11.0. The van der Waals surface area contributed by atoms with Crippen LogP contribution < -0.4 is 10.0 Å². The van der Waals surface area contributed by atoms with Crippen molar-refractivity contribution in [1.29, 1.82) is 0 Å². The Morgan fingerprint density at radius 2 is 1.87 bits per heavy atom. The largest absolute Gasteiger partial charge is 0.355 e. The van der Waals surface area contributed by atoms with Crippen molar-refractivity contribution in [3.05, 3.63) is 48.0 Å². The number of nitrogens with one attached hydrogen (secondary N) is 2. The Kier molecular flexibility index (Phi) is 3.97. The van der Waals surface area contributed by atoms with Crippen LogP contribution in [0.2, 0.25) is 0 Å². The summed E-state index contributed by atoms with van der Waals surface area (Å²) in [6, 6.07) is 11.1. The maximum Gasteiger partial charge on any atom is 0.264 e. The number of nitrogens with zero attached hydrogens (tertiary/aromatic N) is 2. The van der Waals surface area contributed by atoms with Gasteiger partial charge in [0.15, 0.2) is 0 Å². The fourth-order valence-electron chi connectivity index (χ4n) is 2.10. The van der Waals surface area contributed by atoms with Crippen LogP contribution in [-0.2, 0) is 10.0 Å². The van der Waals surface area contributed by atoms with Crippen molar-refractivity contribution in [2.45, 2.75) is 4.90 Å². The van der Waals surface area contributed by atoms with E-state index in [0.29, 0.717) is 11.0 Å². The van der Waals surface area contributed by atoms with Crippen LogP contribution in [0.4, 0.5) is 5.69 Å². The van der Waals surface area contributed by atoms with Crippen LogP contribution >= 0.6 is 11.7 Å². The number of carbonyl (C=O) groups excluding carboxylic acids is 1. The van der Waals surface area contributed by atoms with E-state index in [1.54, 1.807) is 30.3 Å². The van der Waals surface area contributed by atoms with Crippen LogP contribution in [0.25, 0.3) is 11.0 Å². The van der Waals surface area contributed by atoms with E-state index >= 15 is 0 Å². The standard InChI is InChI=1S/C14H12N4O3S2/c1-15-14(19)9-5-2-3-6-10(9)18-23(20,21)12-8-4-7-11-13(12)17-22-16-11/h2-8,18H,1H3,(H,15,19). The lowest BCUT2D eigenvalue weighted by atomic mass is 10.2. The minimum Gasteiger partial charge on any atom is -0.355 e. The molecule has 118 valence electrons. The van der Waals surface area contributed by atoms with Crippen molar-refractivity contribution < 1.29 is 13.2 Å². The summed E-state index contributed by atoms with van der Waals surface area (Å²) in [4.78, 5) is 11.9. The molecule has 0 unspecified atom stereocenters. The highest BCUT2D eigenvalue weighted by molar-refractivity contribution is 7.93. The molecule has 2 aromatic carbocycles. The smallest absolute Gasteiger partial charge is 0.264 e. The van der Waals surface area contributed by atoms with Gasteiger partial charge in [0.25, 0.3) is 15.9 Å². The van der Waals surface area contributed by atoms with E-state index in [0.717, 1.165) is 11.7 Å². The molecule has 0 radical (unpaired) electrons. The lowest BCUT2D eigenvalue weighted by Gasteiger charge is -2.12. The van der Waals surface area contributed by atoms with Crippen LogP contribution in [0, 0.1) is 0 Å². The predicted octanol–water partition coefficient (Wildman–Crippen LogP) is 1.85. The SMILES string of the molecule is CNC(=O)c1ccccc1NS(=O)(=O)c1cccc2nsnc12. The van der Waals surface area contributed by atoms with E-state index in [9.17, 15) is 13.2 Å². The van der Waals surface area contributed by atoms with E-state index < -0.39 is 10.0 Å². The Bertz CT molecular complexity index is 982. The van der Waals surface area contributed by atoms with Gasteiger partial charge in [0.1, 0.15) is 15.9 Å². The second-order valence-corrected chi connectivity index (χ2v) is 6.80. The lowest BCUT2D eigenvalue weighted by molar-refractivity contribution is 0.0964. The molecule has 0 aliphatic carbocycles. The Labute approximate surface area is 136 Å². The molecular formula is C14H12N4O3S2. The summed E-state index contributed by atoms with van der Waals surface area (Å²) in [5, 5.41) is 2.48. The monoisotopic (exact) mass is 348 g/mol. The summed E-state index contributed by atoms with van der Waals surface area (Å²) in [5.74, 6) is -0.378. The predicted molar refractivity (Wildman–Crippen MR) is 88.1 cm³/mol. The summed E-state index contributed by atoms with van der Waals surface area (Å²) >= 11 is 0.945. The number of aromatic nitrogens is 2. The summed E-state index contributed by atoms with van der Waals surface area (Å²) in [7, 11) is -2.42.